The van der Waals surface area contributed by atoms with Gasteiger partial charge in [-0.1, -0.05) is 6.07 Å². The summed E-state index contributed by atoms with van der Waals surface area (Å²) in [6.45, 7) is 1.54. The highest BCUT2D eigenvalue weighted by Crippen LogP contribution is 2.27. The molecule has 27 heavy (non-hydrogen) atoms. The molecule has 148 valence electrons. The topological polar surface area (TPSA) is 97.1 Å². The number of halogens is 1. The molecule has 1 heterocycles. The van der Waals surface area contributed by atoms with E-state index in [0.717, 1.165) is 5.56 Å². The van der Waals surface area contributed by atoms with Crippen LogP contribution < -0.4 is 25.4 Å². The Bertz CT molecular complexity index is 735. The molecule has 2 rings (SSSR count). The number of nitrogens with one attached hydrogen (secondary N) is 3. The predicted molar refractivity (Wildman–Crippen MR) is 114 cm³/mol. The Morgan fingerprint density at radius 3 is 2.44 bits per heavy atom. The molecule has 0 aliphatic carbocycles. The van der Waals surface area contributed by atoms with Gasteiger partial charge >= 0.3 is 0 Å². The lowest BCUT2D eigenvalue weighted by molar-refractivity contribution is 0.0926. The summed E-state index contributed by atoms with van der Waals surface area (Å²) in [7, 11) is 4.89. The van der Waals surface area contributed by atoms with Crippen LogP contribution in [0.25, 0.3) is 0 Å². The first kappa shape index (κ1) is 22.6. The van der Waals surface area contributed by atoms with E-state index >= 15 is 0 Å². The second kappa shape index (κ2) is 12.0. The van der Waals surface area contributed by atoms with E-state index in [-0.39, 0.29) is 29.9 Å². The fourth-order valence-electron chi connectivity index (χ4n) is 2.25. The molecule has 3 N–H and O–H groups in total. The number of hydrogen-bond acceptors (Lipinski definition) is 5. The van der Waals surface area contributed by atoms with Crippen LogP contribution in [0.1, 0.15) is 16.1 Å². The molecule has 1 aromatic carbocycles. The van der Waals surface area contributed by atoms with Gasteiger partial charge in [0.05, 0.1) is 20.5 Å². The maximum absolute atomic E-state index is 11.7. The highest BCUT2D eigenvalue weighted by atomic mass is 127. The molecule has 0 fully saturated rings. The molecule has 0 aliphatic heterocycles. The summed E-state index contributed by atoms with van der Waals surface area (Å²) in [4.78, 5) is 15.9. The van der Waals surface area contributed by atoms with Crippen molar-refractivity contribution >= 4 is 35.8 Å². The second-order valence-electron chi connectivity index (χ2n) is 5.28. The van der Waals surface area contributed by atoms with Crippen molar-refractivity contribution in [3.63, 3.8) is 0 Å². The third kappa shape index (κ3) is 7.00. The number of ether oxygens (including phenoxy) is 2. The smallest absolute Gasteiger partial charge is 0.287 e. The van der Waals surface area contributed by atoms with E-state index in [0.29, 0.717) is 42.9 Å². The Labute approximate surface area is 175 Å². The Hall–Kier alpha value is -2.43. The van der Waals surface area contributed by atoms with Gasteiger partial charge in [-0.3, -0.25) is 9.79 Å². The van der Waals surface area contributed by atoms with E-state index in [1.54, 1.807) is 33.4 Å². The molecule has 0 aliphatic rings. The van der Waals surface area contributed by atoms with Crippen LogP contribution in [-0.2, 0) is 6.54 Å². The van der Waals surface area contributed by atoms with Crippen molar-refractivity contribution in [2.24, 2.45) is 4.99 Å². The molecule has 0 bridgehead atoms. The quantitative estimate of drug-likeness (QED) is 0.228. The fourth-order valence-corrected chi connectivity index (χ4v) is 2.25. The first-order chi connectivity index (χ1) is 12.7. The number of amides is 1. The SMILES string of the molecule is CN=C(NCCNC(=O)c1ccco1)NCc1ccc(OC)c(OC)c1.I. The first-order valence-electron chi connectivity index (χ1n) is 8.15. The van der Waals surface area contributed by atoms with Crippen molar-refractivity contribution in [2.45, 2.75) is 6.54 Å². The van der Waals surface area contributed by atoms with Gasteiger partial charge in [0.1, 0.15) is 0 Å². The summed E-state index contributed by atoms with van der Waals surface area (Å²) in [6, 6.07) is 9.00. The first-order valence-corrected chi connectivity index (χ1v) is 8.15. The largest absolute Gasteiger partial charge is 0.493 e. The maximum Gasteiger partial charge on any atom is 0.287 e. The van der Waals surface area contributed by atoms with Gasteiger partial charge in [-0.25, -0.2) is 0 Å². The number of rotatable bonds is 8. The van der Waals surface area contributed by atoms with Gasteiger partial charge in [0.25, 0.3) is 5.91 Å². The van der Waals surface area contributed by atoms with Gasteiger partial charge in [-0.2, -0.15) is 0 Å². The highest BCUT2D eigenvalue weighted by Gasteiger charge is 2.07. The number of benzene rings is 1. The number of aliphatic imine (C=N–C) groups is 1. The number of nitrogens with zero attached hydrogens (tertiary/aromatic N) is 1. The lowest BCUT2D eigenvalue weighted by Crippen LogP contribution is -2.41. The molecule has 8 nitrogen and oxygen atoms in total. The van der Waals surface area contributed by atoms with E-state index in [1.807, 2.05) is 18.2 Å². The normalized spacial score (nSPS) is 10.6. The average molecular weight is 488 g/mol. The number of guanidine groups is 1. The minimum absolute atomic E-state index is 0. The van der Waals surface area contributed by atoms with Gasteiger partial charge in [0.15, 0.2) is 23.2 Å². The molecular weight excluding hydrogens is 463 g/mol. The van der Waals surface area contributed by atoms with Gasteiger partial charge in [-0.05, 0) is 29.8 Å². The monoisotopic (exact) mass is 488 g/mol. The lowest BCUT2D eigenvalue weighted by Gasteiger charge is -2.13. The summed E-state index contributed by atoms with van der Waals surface area (Å²) >= 11 is 0. The summed E-state index contributed by atoms with van der Waals surface area (Å²) in [5.41, 5.74) is 1.02. The Morgan fingerprint density at radius 2 is 1.81 bits per heavy atom. The van der Waals surface area contributed by atoms with Gasteiger partial charge in [0.2, 0.25) is 0 Å². The molecule has 0 unspecified atom stereocenters. The molecule has 0 radical (unpaired) electrons. The molecule has 9 heteroatoms. The maximum atomic E-state index is 11.7. The van der Waals surface area contributed by atoms with E-state index in [9.17, 15) is 4.79 Å². The third-order valence-electron chi connectivity index (χ3n) is 3.58. The van der Waals surface area contributed by atoms with Crippen molar-refractivity contribution in [3.8, 4) is 11.5 Å². The molecule has 0 spiro atoms. The van der Waals surface area contributed by atoms with E-state index in [4.69, 9.17) is 13.9 Å². The summed E-state index contributed by atoms with van der Waals surface area (Å²) in [6.07, 6.45) is 1.47. The standard InChI is InChI=1S/C18H24N4O4.HI/c1-19-18(21-9-8-20-17(23)15-5-4-10-26-15)22-12-13-6-7-14(24-2)16(11-13)25-3;/h4-7,10-11H,8-9,12H2,1-3H3,(H,20,23)(H2,19,21,22);1H. The molecule has 0 atom stereocenters. The number of carbonyl (C=O) groups excluding carboxylic acids is 1. The van der Waals surface area contributed by atoms with Crippen molar-refractivity contribution in [3.05, 3.63) is 47.9 Å². The van der Waals surface area contributed by atoms with Gasteiger partial charge in [-0.15, -0.1) is 24.0 Å². The average Bonchev–Trinajstić information content (AvgIpc) is 3.21. The van der Waals surface area contributed by atoms with Crippen LogP contribution >= 0.6 is 24.0 Å². The molecule has 1 aromatic heterocycles. The molecular formula is C18H25IN4O4. The van der Waals surface area contributed by atoms with Crippen molar-refractivity contribution in [2.75, 3.05) is 34.4 Å². The van der Waals surface area contributed by atoms with Crippen LogP contribution in [0.4, 0.5) is 0 Å². The second-order valence-corrected chi connectivity index (χ2v) is 5.28. The minimum Gasteiger partial charge on any atom is -0.493 e. The lowest BCUT2D eigenvalue weighted by atomic mass is 10.2. The van der Waals surface area contributed by atoms with Crippen LogP contribution in [-0.4, -0.2) is 46.2 Å². The fraction of sp³-hybridized carbons (Fsp3) is 0.333. The Balaban J connectivity index is 0.00000364. The van der Waals surface area contributed by atoms with Crippen molar-refractivity contribution in [1.82, 2.24) is 16.0 Å². The molecule has 0 saturated heterocycles. The minimum atomic E-state index is -0.245. The van der Waals surface area contributed by atoms with E-state index in [1.165, 1.54) is 6.26 Å². The number of carbonyl (C=O) groups is 1. The molecule has 2 aromatic rings. The van der Waals surface area contributed by atoms with Gasteiger partial charge in [0, 0.05) is 26.7 Å². The number of hydrogen-bond donors (Lipinski definition) is 3. The number of furan rings is 1. The molecule has 1 amide bonds. The Morgan fingerprint density at radius 1 is 1.07 bits per heavy atom. The zero-order chi connectivity index (χ0) is 18.8. The van der Waals surface area contributed by atoms with E-state index in [2.05, 4.69) is 20.9 Å². The van der Waals surface area contributed by atoms with Crippen LogP contribution in [0.2, 0.25) is 0 Å². The summed E-state index contributed by atoms with van der Waals surface area (Å²) in [5, 5.41) is 9.09. The van der Waals surface area contributed by atoms with Crippen LogP contribution in [0.5, 0.6) is 11.5 Å². The highest BCUT2D eigenvalue weighted by molar-refractivity contribution is 14.0. The number of methoxy groups -OCH3 is 2. The van der Waals surface area contributed by atoms with Gasteiger partial charge < -0.3 is 29.8 Å². The third-order valence-corrected chi connectivity index (χ3v) is 3.58. The summed E-state index contributed by atoms with van der Waals surface area (Å²) < 4.78 is 15.6. The van der Waals surface area contributed by atoms with Crippen LogP contribution in [0, 0.1) is 0 Å². The van der Waals surface area contributed by atoms with E-state index < -0.39 is 0 Å². The van der Waals surface area contributed by atoms with Crippen LogP contribution in [0.3, 0.4) is 0 Å². The summed E-state index contributed by atoms with van der Waals surface area (Å²) in [5.74, 6) is 2.04. The van der Waals surface area contributed by atoms with Crippen molar-refractivity contribution in [1.29, 1.82) is 0 Å². The zero-order valence-corrected chi connectivity index (χ0v) is 17.9. The zero-order valence-electron chi connectivity index (χ0n) is 15.6. The molecule has 0 saturated carbocycles. The van der Waals surface area contributed by atoms with Crippen LogP contribution in [0.15, 0.2) is 46.0 Å². The Kier molecular flexibility index (Phi) is 10.1. The van der Waals surface area contributed by atoms with Crippen molar-refractivity contribution < 1.29 is 18.7 Å². The predicted octanol–water partition coefficient (Wildman–Crippen LogP) is 2.01.